The second-order valence-electron chi connectivity index (χ2n) is 5.40. The summed E-state index contributed by atoms with van der Waals surface area (Å²) in [6.45, 7) is 4.16. The standard InChI is InChI=1S/C15H22FNO2/c1-12-6-4-5-9-17(12)10-13(18)11-19-15-8-3-2-7-14(15)16/h2-3,7-8,12-13,18H,4-6,9-11H2,1H3/p+1/t12-,13-/m0/s1. The van der Waals surface area contributed by atoms with Crippen LogP contribution in [0.15, 0.2) is 24.3 Å². The Balaban J connectivity index is 1.78. The predicted octanol–water partition coefficient (Wildman–Crippen LogP) is 1.02. The van der Waals surface area contributed by atoms with E-state index in [1.807, 2.05) is 0 Å². The molecule has 2 rings (SSSR count). The summed E-state index contributed by atoms with van der Waals surface area (Å²) in [6, 6.07) is 6.89. The number of aliphatic hydroxyl groups is 1. The van der Waals surface area contributed by atoms with Crippen LogP contribution in [0.5, 0.6) is 5.75 Å². The van der Waals surface area contributed by atoms with Crippen LogP contribution in [0.4, 0.5) is 4.39 Å². The van der Waals surface area contributed by atoms with Crippen LogP contribution in [0, 0.1) is 5.82 Å². The first-order chi connectivity index (χ1) is 9.16. The summed E-state index contributed by atoms with van der Waals surface area (Å²) in [6.07, 6.45) is 3.18. The number of rotatable bonds is 5. The normalized spacial score (nSPS) is 25.0. The Bertz CT molecular complexity index is 399. The molecule has 2 N–H and O–H groups in total. The molecule has 0 aromatic heterocycles. The average molecular weight is 268 g/mol. The highest BCUT2D eigenvalue weighted by Gasteiger charge is 2.24. The van der Waals surface area contributed by atoms with Gasteiger partial charge in [-0.3, -0.25) is 0 Å². The van der Waals surface area contributed by atoms with E-state index in [0.29, 0.717) is 12.6 Å². The molecule has 0 spiro atoms. The van der Waals surface area contributed by atoms with Crippen molar-refractivity contribution >= 4 is 0 Å². The number of para-hydroxylation sites is 1. The van der Waals surface area contributed by atoms with E-state index < -0.39 is 6.10 Å². The number of hydrogen-bond donors (Lipinski definition) is 2. The molecule has 0 saturated carbocycles. The summed E-state index contributed by atoms with van der Waals surface area (Å²) in [7, 11) is 0. The monoisotopic (exact) mass is 268 g/mol. The van der Waals surface area contributed by atoms with Crippen LogP contribution in [0.25, 0.3) is 0 Å². The van der Waals surface area contributed by atoms with Gasteiger partial charge in [0.15, 0.2) is 11.6 Å². The average Bonchev–Trinajstić information content (AvgIpc) is 2.40. The number of benzene rings is 1. The van der Waals surface area contributed by atoms with Gasteiger partial charge in [-0.25, -0.2) is 4.39 Å². The molecule has 1 aliphatic heterocycles. The van der Waals surface area contributed by atoms with Gasteiger partial charge < -0.3 is 14.7 Å². The van der Waals surface area contributed by atoms with Gasteiger partial charge in [0, 0.05) is 0 Å². The van der Waals surface area contributed by atoms with E-state index in [9.17, 15) is 9.50 Å². The molecule has 1 heterocycles. The van der Waals surface area contributed by atoms with E-state index in [1.165, 1.54) is 30.2 Å². The first-order valence-electron chi connectivity index (χ1n) is 7.07. The third kappa shape index (κ3) is 4.18. The fourth-order valence-corrected chi connectivity index (χ4v) is 2.67. The van der Waals surface area contributed by atoms with Crippen LogP contribution in [0.2, 0.25) is 0 Å². The van der Waals surface area contributed by atoms with Gasteiger partial charge in [-0.1, -0.05) is 12.1 Å². The van der Waals surface area contributed by atoms with Gasteiger partial charge in [-0.05, 0) is 38.3 Å². The van der Waals surface area contributed by atoms with Crippen LogP contribution in [0.1, 0.15) is 26.2 Å². The minimum atomic E-state index is -0.546. The third-order valence-corrected chi connectivity index (χ3v) is 3.85. The Hall–Kier alpha value is -1.13. The van der Waals surface area contributed by atoms with Crippen molar-refractivity contribution in [3.63, 3.8) is 0 Å². The molecule has 106 valence electrons. The van der Waals surface area contributed by atoms with Crippen LogP contribution in [-0.2, 0) is 0 Å². The second-order valence-corrected chi connectivity index (χ2v) is 5.40. The van der Waals surface area contributed by atoms with Crippen molar-refractivity contribution in [3.05, 3.63) is 30.1 Å². The minimum absolute atomic E-state index is 0.150. The highest BCUT2D eigenvalue weighted by molar-refractivity contribution is 5.23. The molecule has 1 saturated heterocycles. The molecular formula is C15H23FNO2+. The highest BCUT2D eigenvalue weighted by atomic mass is 19.1. The van der Waals surface area contributed by atoms with E-state index in [-0.39, 0.29) is 18.2 Å². The number of likely N-dealkylation sites (tertiary alicyclic amines) is 1. The molecule has 3 atom stereocenters. The van der Waals surface area contributed by atoms with Crippen molar-refractivity contribution in [1.82, 2.24) is 0 Å². The summed E-state index contributed by atoms with van der Waals surface area (Å²) in [5, 5.41) is 10.0. The first kappa shape index (κ1) is 14.3. The molecule has 1 unspecified atom stereocenters. The van der Waals surface area contributed by atoms with E-state index >= 15 is 0 Å². The van der Waals surface area contributed by atoms with E-state index in [1.54, 1.807) is 18.2 Å². The molecule has 19 heavy (non-hydrogen) atoms. The largest absolute Gasteiger partial charge is 0.488 e. The lowest BCUT2D eigenvalue weighted by atomic mass is 10.0. The van der Waals surface area contributed by atoms with Crippen molar-refractivity contribution in [3.8, 4) is 5.75 Å². The van der Waals surface area contributed by atoms with Gasteiger partial charge in [0.2, 0.25) is 0 Å². The maximum Gasteiger partial charge on any atom is 0.165 e. The lowest BCUT2D eigenvalue weighted by Gasteiger charge is -2.31. The molecule has 0 aliphatic carbocycles. The first-order valence-corrected chi connectivity index (χ1v) is 7.07. The number of ether oxygens (including phenoxy) is 1. The number of piperidine rings is 1. The summed E-state index contributed by atoms with van der Waals surface area (Å²) in [5.74, 6) is -0.170. The fraction of sp³-hybridized carbons (Fsp3) is 0.600. The molecule has 0 amide bonds. The maximum atomic E-state index is 13.3. The van der Waals surface area contributed by atoms with Gasteiger partial charge in [0.1, 0.15) is 19.3 Å². The van der Waals surface area contributed by atoms with Crippen molar-refractivity contribution in [2.75, 3.05) is 19.7 Å². The minimum Gasteiger partial charge on any atom is -0.488 e. The number of hydrogen-bond acceptors (Lipinski definition) is 2. The lowest BCUT2D eigenvalue weighted by Crippen LogP contribution is -3.17. The van der Waals surface area contributed by atoms with Crippen LogP contribution < -0.4 is 9.64 Å². The number of nitrogens with one attached hydrogen (secondary N) is 1. The topological polar surface area (TPSA) is 33.9 Å². The Morgan fingerprint density at radius 2 is 2.21 bits per heavy atom. The quantitative estimate of drug-likeness (QED) is 0.836. The lowest BCUT2D eigenvalue weighted by molar-refractivity contribution is -0.931. The molecule has 1 aliphatic rings. The zero-order valence-corrected chi connectivity index (χ0v) is 11.4. The van der Waals surface area contributed by atoms with Crippen molar-refractivity contribution in [2.24, 2.45) is 0 Å². The fourth-order valence-electron chi connectivity index (χ4n) is 2.67. The van der Waals surface area contributed by atoms with Gasteiger partial charge in [0.05, 0.1) is 12.6 Å². The summed E-state index contributed by atoms with van der Waals surface area (Å²) in [4.78, 5) is 1.43. The molecule has 0 bridgehead atoms. The third-order valence-electron chi connectivity index (χ3n) is 3.85. The van der Waals surface area contributed by atoms with Gasteiger partial charge in [-0.2, -0.15) is 0 Å². The summed E-state index contributed by atoms with van der Waals surface area (Å²) >= 11 is 0. The summed E-state index contributed by atoms with van der Waals surface area (Å²) < 4.78 is 18.7. The van der Waals surface area contributed by atoms with Gasteiger partial charge in [-0.15, -0.1) is 0 Å². The zero-order valence-electron chi connectivity index (χ0n) is 11.4. The SMILES string of the molecule is C[C@H]1CCCC[NH+]1C[C@H](O)COc1ccccc1F. The van der Waals surface area contributed by atoms with Gasteiger partial charge >= 0.3 is 0 Å². The molecule has 1 aromatic carbocycles. The number of aliphatic hydroxyl groups excluding tert-OH is 1. The summed E-state index contributed by atoms with van der Waals surface area (Å²) in [5.41, 5.74) is 0. The second kappa shape index (κ2) is 6.87. The molecular weight excluding hydrogens is 245 g/mol. The van der Waals surface area contributed by atoms with E-state index in [0.717, 1.165) is 6.54 Å². The zero-order chi connectivity index (χ0) is 13.7. The van der Waals surface area contributed by atoms with Gasteiger partial charge in [0.25, 0.3) is 0 Å². The molecule has 1 aromatic rings. The van der Waals surface area contributed by atoms with E-state index in [4.69, 9.17) is 4.74 Å². The molecule has 0 radical (unpaired) electrons. The van der Waals surface area contributed by atoms with Crippen molar-refractivity contribution in [2.45, 2.75) is 38.3 Å². The molecule has 1 fully saturated rings. The van der Waals surface area contributed by atoms with Crippen molar-refractivity contribution in [1.29, 1.82) is 0 Å². The van der Waals surface area contributed by atoms with Crippen LogP contribution in [0.3, 0.4) is 0 Å². The van der Waals surface area contributed by atoms with Crippen LogP contribution >= 0.6 is 0 Å². The Labute approximate surface area is 114 Å². The van der Waals surface area contributed by atoms with Crippen molar-refractivity contribution < 1.29 is 19.1 Å². The smallest absolute Gasteiger partial charge is 0.165 e. The number of quaternary nitrogens is 1. The van der Waals surface area contributed by atoms with Crippen LogP contribution in [-0.4, -0.2) is 36.9 Å². The van der Waals surface area contributed by atoms with E-state index in [2.05, 4.69) is 6.92 Å². The highest BCUT2D eigenvalue weighted by Crippen LogP contribution is 2.15. The number of halogens is 1. The Morgan fingerprint density at radius 1 is 1.42 bits per heavy atom. The molecule has 4 heteroatoms. The maximum absolute atomic E-state index is 13.3. The Kier molecular flexibility index (Phi) is 5.16. The predicted molar refractivity (Wildman–Crippen MR) is 71.9 cm³/mol. The Morgan fingerprint density at radius 3 is 2.95 bits per heavy atom. The molecule has 3 nitrogen and oxygen atoms in total.